The van der Waals surface area contributed by atoms with Crippen LogP contribution in [0.2, 0.25) is 0 Å². The van der Waals surface area contributed by atoms with Crippen LogP contribution in [0.5, 0.6) is 0 Å². The highest BCUT2D eigenvalue weighted by molar-refractivity contribution is 5.77. The van der Waals surface area contributed by atoms with Crippen molar-refractivity contribution in [2.24, 2.45) is 0 Å². The fourth-order valence-corrected chi connectivity index (χ4v) is 2.62. The van der Waals surface area contributed by atoms with Crippen LogP contribution in [0.4, 0.5) is 10.3 Å². The van der Waals surface area contributed by atoms with E-state index in [-0.39, 0.29) is 24.1 Å². The topological polar surface area (TPSA) is 78.5 Å². The Kier molecular flexibility index (Phi) is 4.10. The predicted octanol–water partition coefficient (Wildman–Crippen LogP) is 0.0814. The van der Waals surface area contributed by atoms with E-state index in [1.807, 2.05) is 4.90 Å². The summed E-state index contributed by atoms with van der Waals surface area (Å²) in [4.78, 5) is 33.8. The Labute approximate surface area is 127 Å². The first-order chi connectivity index (χ1) is 10.6. The summed E-state index contributed by atoms with van der Waals surface area (Å²) in [6, 6.07) is 0. The number of aromatic amines is 1. The van der Waals surface area contributed by atoms with Gasteiger partial charge in [-0.2, -0.15) is 4.39 Å². The number of nitrogens with zero attached hydrogens (tertiary/aromatic N) is 3. The average Bonchev–Trinajstić information content (AvgIpc) is 3.35. The van der Waals surface area contributed by atoms with Crippen molar-refractivity contribution >= 4 is 11.9 Å². The van der Waals surface area contributed by atoms with Crippen LogP contribution in [-0.2, 0) is 9.53 Å². The van der Waals surface area contributed by atoms with Gasteiger partial charge in [0.2, 0.25) is 17.7 Å². The SMILES string of the molecule is COCC(=O)N1CCN(c2nc(C3CC3)c(F)c(=O)[nH]2)CC1. The maximum Gasteiger partial charge on any atom is 0.288 e. The Morgan fingerprint density at radius 2 is 2.05 bits per heavy atom. The molecule has 0 unspecified atom stereocenters. The number of nitrogens with one attached hydrogen (secondary N) is 1. The Morgan fingerprint density at radius 3 is 2.64 bits per heavy atom. The first-order valence-electron chi connectivity index (χ1n) is 7.41. The summed E-state index contributed by atoms with van der Waals surface area (Å²) in [7, 11) is 1.49. The molecule has 1 aromatic rings. The molecule has 1 aliphatic heterocycles. The molecule has 1 N–H and O–H groups in total. The number of piperazine rings is 1. The second kappa shape index (κ2) is 6.04. The number of anilines is 1. The molecule has 2 heterocycles. The van der Waals surface area contributed by atoms with Gasteiger partial charge in [0.1, 0.15) is 6.61 Å². The molecule has 8 heteroatoms. The zero-order chi connectivity index (χ0) is 15.7. The van der Waals surface area contributed by atoms with E-state index in [2.05, 4.69) is 9.97 Å². The lowest BCUT2D eigenvalue weighted by atomic mass is 10.2. The van der Waals surface area contributed by atoms with Crippen molar-refractivity contribution < 1.29 is 13.9 Å². The molecule has 2 aliphatic rings. The minimum absolute atomic E-state index is 0.0543. The number of hydrogen-bond acceptors (Lipinski definition) is 5. The zero-order valence-electron chi connectivity index (χ0n) is 12.5. The maximum atomic E-state index is 13.8. The molecule has 22 heavy (non-hydrogen) atoms. The molecular formula is C14H19FN4O3. The molecule has 1 amide bonds. The van der Waals surface area contributed by atoms with Gasteiger partial charge >= 0.3 is 0 Å². The van der Waals surface area contributed by atoms with Gasteiger partial charge in [0.15, 0.2) is 0 Å². The maximum absolute atomic E-state index is 13.8. The summed E-state index contributed by atoms with van der Waals surface area (Å²) in [5.74, 6) is -0.348. The third kappa shape index (κ3) is 2.96. The standard InChI is InChI=1S/C14H19FN4O3/c1-22-8-10(20)18-4-6-19(7-5-18)14-16-12(9-2-3-9)11(15)13(21)17-14/h9H,2-8H2,1H3,(H,16,17,21). The molecule has 1 saturated carbocycles. The van der Waals surface area contributed by atoms with E-state index in [1.165, 1.54) is 7.11 Å². The van der Waals surface area contributed by atoms with Crippen LogP contribution in [0.3, 0.4) is 0 Å². The summed E-state index contributed by atoms with van der Waals surface area (Å²) >= 11 is 0. The van der Waals surface area contributed by atoms with Crippen molar-refractivity contribution in [1.82, 2.24) is 14.9 Å². The summed E-state index contributed by atoms with van der Waals surface area (Å²) in [5.41, 5.74) is -0.443. The van der Waals surface area contributed by atoms with Crippen molar-refractivity contribution in [3.63, 3.8) is 0 Å². The number of rotatable bonds is 4. The summed E-state index contributed by atoms with van der Waals surface area (Å²) in [5, 5.41) is 0. The Balaban J connectivity index is 1.71. The van der Waals surface area contributed by atoms with Gasteiger partial charge in [-0.3, -0.25) is 14.6 Å². The van der Waals surface area contributed by atoms with Crippen LogP contribution in [0, 0.1) is 5.82 Å². The average molecular weight is 310 g/mol. The van der Waals surface area contributed by atoms with E-state index >= 15 is 0 Å². The Morgan fingerprint density at radius 1 is 1.36 bits per heavy atom. The van der Waals surface area contributed by atoms with Crippen molar-refractivity contribution in [2.75, 3.05) is 44.8 Å². The van der Waals surface area contributed by atoms with Gasteiger partial charge in [0.05, 0.1) is 5.69 Å². The second-order valence-corrected chi connectivity index (χ2v) is 5.66. The van der Waals surface area contributed by atoms with Gasteiger partial charge in [-0.1, -0.05) is 0 Å². The lowest BCUT2D eigenvalue weighted by Crippen LogP contribution is -2.50. The minimum Gasteiger partial charge on any atom is -0.375 e. The number of carbonyl (C=O) groups excluding carboxylic acids is 1. The van der Waals surface area contributed by atoms with Crippen molar-refractivity contribution in [1.29, 1.82) is 0 Å². The van der Waals surface area contributed by atoms with Crippen LogP contribution >= 0.6 is 0 Å². The summed E-state index contributed by atoms with van der Waals surface area (Å²) in [6.45, 7) is 2.23. The molecule has 0 radical (unpaired) electrons. The third-order valence-corrected chi connectivity index (χ3v) is 4.04. The fourth-order valence-electron chi connectivity index (χ4n) is 2.62. The molecule has 0 spiro atoms. The van der Waals surface area contributed by atoms with E-state index in [1.54, 1.807) is 4.90 Å². The first-order valence-corrected chi connectivity index (χ1v) is 7.41. The van der Waals surface area contributed by atoms with Crippen LogP contribution in [0.1, 0.15) is 24.5 Å². The lowest BCUT2D eigenvalue weighted by molar-refractivity contribution is -0.135. The quantitative estimate of drug-likeness (QED) is 0.852. The summed E-state index contributed by atoms with van der Waals surface area (Å²) in [6.07, 6.45) is 1.76. The highest BCUT2D eigenvalue weighted by Crippen LogP contribution is 2.39. The van der Waals surface area contributed by atoms with Gasteiger partial charge < -0.3 is 14.5 Å². The molecule has 1 aromatic heterocycles. The number of amides is 1. The van der Waals surface area contributed by atoms with Crippen molar-refractivity contribution in [3.8, 4) is 0 Å². The molecule has 1 aliphatic carbocycles. The van der Waals surface area contributed by atoms with Crippen LogP contribution in [-0.4, -0.2) is 60.7 Å². The number of carbonyl (C=O) groups is 1. The Bertz CT molecular complexity index is 621. The predicted molar refractivity (Wildman–Crippen MR) is 77.5 cm³/mol. The normalized spacial score (nSPS) is 18.6. The molecule has 0 bridgehead atoms. The number of H-pyrrole nitrogens is 1. The molecule has 0 aromatic carbocycles. The highest BCUT2D eigenvalue weighted by Gasteiger charge is 2.31. The van der Waals surface area contributed by atoms with E-state index in [0.29, 0.717) is 32.1 Å². The number of aromatic nitrogens is 2. The van der Waals surface area contributed by atoms with Crippen molar-refractivity contribution in [3.05, 3.63) is 21.9 Å². The number of methoxy groups -OCH3 is 1. The van der Waals surface area contributed by atoms with E-state index < -0.39 is 11.4 Å². The zero-order valence-corrected chi connectivity index (χ0v) is 12.5. The number of ether oxygens (including phenoxy) is 1. The molecule has 3 rings (SSSR count). The lowest BCUT2D eigenvalue weighted by Gasteiger charge is -2.35. The van der Waals surface area contributed by atoms with Gasteiger partial charge in [-0.25, -0.2) is 4.98 Å². The van der Waals surface area contributed by atoms with Gasteiger partial charge in [0.25, 0.3) is 5.56 Å². The monoisotopic (exact) mass is 310 g/mol. The molecular weight excluding hydrogens is 291 g/mol. The second-order valence-electron chi connectivity index (χ2n) is 5.66. The van der Waals surface area contributed by atoms with E-state index in [4.69, 9.17) is 4.74 Å². The Hall–Kier alpha value is -1.96. The fraction of sp³-hybridized carbons (Fsp3) is 0.643. The number of halogens is 1. The third-order valence-electron chi connectivity index (χ3n) is 4.04. The van der Waals surface area contributed by atoms with Gasteiger partial charge in [-0.15, -0.1) is 0 Å². The van der Waals surface area contributed by atoms with Gasteiger partial charge in [-0.05, 0) is 12.8 Å². The highest BCUT2D eigenvalue weighted by atomic mass is 19.1. The number of hydrogen-bond donors (Lipinski definition) is 1. The van der Waals surface area contributed by atoms with Crippen molar-refractivity contribution in [2.45, 2.75) is 18.8 Å². The van der Waals surface area contributed by atoms with E-state index in [0.717, 1.165) is 12.8 Å². The molecule has 0 atom stereocenters. The van der Waals surface area contributed by atoms with E-state index in [9.17, 15) is 14.0 Å². The van der Waals surface area contributed by atoms with Crippen LogP contribution < -0.4 is 10.5 Å². The van der Waals surface area contributed by atoms with Gasteiger partial charge in [0, 0.05) is 39.2 Å². The van der Waals surface area contributed by atoms with Crippen LogP contribution in [0.15, 0.2) is 4.79 Å². The smallest absolute Gasteiger partial charge is 0.288 e. The molecule has 2 fully saturated rings. The molecule has 7 nitrogen and oxygen atoms in total. The largest absolute Gasteiger partial charge is 0.375 e. The first kappa shape index (κ1) is 15.0. The van der Waals surface area contributed by atoms with Crippen LogP contribution in [0.25, 0.3) is 0 Å². The molecule has 120 valence electrons. The molecule has 1 saturated heterocycles. The summed E-state index contributed by atoms with van der Waals surface area (Å²) < 4.78 is 18.6. The minimum atomic E-state index is -0.764.